The second kappa shape index (κ2) is 8.57. The number of hydrogen-bond donors (Lipinski definition) is 1. The molecule has 2 amide bonds. The molecule has 2 aliphatic rings. The second-order valence-corrected chi connectivity index (χ2v) is 8.12. The largest absolute Gasteiger partial charge is 0.486 e. The molecule has 0 unspecified atom stereocenters. The van der Waals surface area contributed by atoms with E-state index >= 15 is 0 Å². The highest BCUT2D eigenvalue weighted by molar-refractivity contribution is 6.00. The topological polar surface area (TPSA) is 85.7 Å². The summed E-state index contributed by atoms with van der Waals surface area (Å²) in [5.74, 6) is 0.550. The summed E-state index contributed by atoms with van der Waals surface area (Å²) < 4.78 is 26.4. The van der Waals surface area contributed by atoms with Crippen LogP contribution in [0.15, 0.2) is 54.9 Å². The van der Waals surface area contributed by atoms with Gasteiger partial charge in [0.2, 0.25) is 11.8 Å². The molecule has 33 heavy (non-hydrogen) atoms. The Balaban J connectivity index is 1.35. The van der Waals surface area contributed by atoms with Crippen LogP contribution in [-0.2, 0) is 16.6 Å². The van der Waals surface area contributed by atoms with E-state index in [4.69, 9.17) is 9.47 Å². The minimum atomic E-state index is -0.573. The van der Waals surface area contributed by atoms with Crippen LogP contribution in [0.4, 0.5) is 10.1 Å². The number of aromatic nitrogens is 2. The van der Waals surface area contributed by atoms with Crippen LogP contribution in [0.2, 0.25) is 0 Å². The van der Waals surface area contributed by atoms with Crippen molar-refractivity contribution in [3.8, 4) is 11.5 Å². The maximum absolute atomic E-state index is 13.5. The third-order valence-electron chi connectivity index (χ3n) is 5.94. The molecule has 2 aromatic carbocycles. The third-order valence-corrected chi connectivity index (χ3v) is 5.94. The van der Waals surface area contributed by atoms with Gasteiger partial charge in [0, 0.05) is 44.2 Å². The van der Waals surface area contributed by atoms with Crippen molar-refractivity contribution in [1.29, 1.82) is 0 Å². The number of carbonyl (C=O) groups excluding carboxylic acids is 2. The van der Waals surface area contributed by atoms with Gasteiger partial charge in [-0.3, -0.25) is 9.59 Å². The fourth-order valence-corrected chi connectivity index (χ4v) is 4.20. The number of imidazole rings is 1. The van der Waals surface area contributed by atoms with Crippen molar-refractivity contribution in [2.24, 2.45) is 13.0 Å². The molecule has 1 saturated heterocycles. The quantitative estimate of drug-likeness (QED) is 0.646. The van der Waals surface area contributed by atoms with Crippen molar-refractivity contribution in [3.05, 3.63) is 72.1 Å². The summed E-state index contributed by atoms with van der Waals surface area (Å²) in [6.45, 7) is 1.19. The van der Waals surface area contributed by atoms with Gasteiger partial charge in [-0.1, -0.05) is 12.1 Å². The Hall–Kier alpha value is -3.88. The van der Waals surface area contributed by atoms with Crippen molar-refractivity contribution in [2.75, 3.05) is 24.7 Å². The van der Waals surface area contributed by atoms with Gasteiger partial charge in [-0.15, -0.1) is 0 Å². The summed E-state index contributed by atoms with van der Waals surface area (Å²) in [4.78, 5) is 31.9. The zero-order chi connectivity index (χ0) is 22.9. The lowest BCUT2D eigenvalue weighted by Crippen LogP contribution is -2.37. The average Bonchev–Trinajstić information content (AvgIpc) is 3.43. The first-order chi connectivity index (χ1) is 16.0. The minimum Gasteiger partial charge on any atom is -0.486 e. The molecule has 0 saturated carbocycles. The molecule has 2 atom stereocenters. The van der Waals surface area contributed by atoms with Crippen LogP contribution in [0, 0.1) is 11.7 Å². The molecular formula is C24H23FN4O4. The Morgan fingerprint density at radius 1 is 1.15 bits per heavy atom. The first kappa shape index (κ1) is 21.0. The molecule has 1 aromatic heterocycles. The molecule has 0 spiro atoms. The summed E-state index contributed by atoms with van der Waals surface area (Å²) in [7, 11) is 1.83. The smallest absolute Gasteiger partial charge is 0.227 e. The minimum absolute atomic E-state index is 0.0942. The fraction of sp³-hybridized carbons (Fsp3) is 0.292. The van der Waals surface area contributed by atoms with Crippen LogP contribution < -0.4 is 19.7 Å². The van der Waals surface area contributed by atoms with Crippen LogP contribution in [0.1, 0.15) is 23.9 Å². The summed E-state index contributed by atoms with van der Waals surface area (Å²) in [5.41, 5.74) is 1.37. The average molecular weight is 450 g/mol. The number of fused-ring (bicyclic) bond motifs is 1. The number of nitrogens with zero attached hydrogens (tertiary/aromatic N) is 3. The monoisotopic (exact) mass is 450 g/mol. The Morgan fingerprint density at radius 2 is 1.91 bits per heavy atom. The molecule has 0 bridgehead atoms. The number of benzene rings is 2. The Labute approximate surface area is 189 Å². The zero-order valence-corrected chi connectivity index (χ0v) is 18.0. The van der Waals surface area contributed by atoms with E-state index in [9.17, 15) is 14.0 Å². The van der Waals surface area contributed by atoms with Crippen LogP contribution in [0.3, 0.4) is 0 Å². The van der Waals surface area contributed by atoms with Crippen molar-refractivity contribution in [1.82, 2.24) is 14.9 Å². The van der Waals surface area contributed by atoms with E-state index in [1.165, 1.54) is 12.1 Å². The number of rotatable bonds is 5. The maximum atomic E-state index is 13.5. The molecule has 0 aliphatic carbocycles. The molecule has 8 nitrogen and oxygen atoms in total. The van der Waals surface area contributed by atoms with E-state index in [1.54, 1.807) is 52.2 Å². The molecular weight excluding hydrogens is 427 g/mol. The summed E-state index contributed by atoms with van der Waals surface area (Å²) >= 11 is 0. The predicted molar refractivity (Wildman–Crippen MR) is 117 cm³/mol. The SMILES string of the molecule is Cn1ccnc1[C@H](NC(=O)[C@H]1CC(=O)N(c2ccc3c(c2)OCCO3)C1)c1ccc(F)cc1. The van der Waals surface area contributed by atoms with Gasteiger partial charge >= 0.3 is 0 Å². The molecule has 1 fully saturated rings. The van der Waals surface area contributed by atoms with Crippen molar-refractivity contribution in [2.45, 2.75) is 12.5 Å². The van der Waals surface area contributed by atoms with E-state index in [0.29, 0.717) is 41.8 Å². The van der Waals surface area contributed by atoms with Gasteiger partial charge in [-0.05, 0) is 29.8 Å². The summed E-state index contributed by atoms with van der Waals surface area (Å²) in [6.07, 6.45) is 3.51. The van der Waals surface area contributed by atoms with Crippen LogP contribution in [0.5, 0.6) is 11.5 Å². The lowest BCUT2D eigenvalue weighted by molar-refractivity contribution is -0.126. The molecule has 3 aromatic rings. The third kappa shape index (κ3) is 4.13. The normalized spacial score (nSPS) is 18.3. The first-order valence-electron chi connectivity index (χ1n) is 10.7. The first-order valence-corrected chi connectivity index (χ1v) is 10.7. The highest BCUT2D eigenvalue weighted by Gasteiger charge is 2.37. The number of hydrogen-bond acceptors (Lipinski definition) is 5. The van der Waals surface area contributed by atoms with Gasteiger partial charge in [0.05, 0.1) is 5.92 Å². The molecule has 5 rings (SSSR count). The number of aryl methyl sites for hydroxylation is 1. The Kier molecular flexibility index (Phi) is 5.45. The summed E-state index contributed by atoms with van der Waals surface area (Å²) in [6, 6.07) is 10.7. The van der Waals surface area contributed by atoms with Crippen LogP contribution in [-0.4, -0.2) is 41.1 Å². The Bertz CT molecular complexity index is 1190. The standard InChI is InChI=1S/C24H23FN4O4/c1-28-9-8-26-23(28)22(15-2-4-17(25)5-3-15)27-24(31)16-12-21(30)29(14-16)18-6-7-19-20(13-18)33-11-10-32-19/h2-9,13,16,22H,10-12,14H2,1H3,(H,27,31)/t16-,22+/m0/s1. The van der Waals surface area contributed by atoms with E-state index in [0.717, 1.165) is 0 Å². The zero-order valence-electron chi connectivity index (χ0n) is 18.0. The highest BCUT2D eigenvalue weighted by atomic mass is 19.1. The van der Waals surface area contributed by atoms with Crippen LogP contribution in [0.25, 0.3) is 0 Å². The molecule has 3 heterocycles. The maximum Gasteiger partial charge on any atom is 0.227 e. The Morgan fingerprint density at radius 3 is 2.64 bits per heavy atom. The van der Waals surface area contributed by atoms with Gasteiger partial charge in [0.25, 0.3) is 0 Å². The number of halogens is 1. The van der Waals surface area contributed by atoms with E-state index in [1.807, 2.05) is 7.05 Å². The molecule has 1 N–H and O–H groups in total. The van der Waals surface area contributed by atoms with Gasteiger partial charge < -0.3 is 24.3 Å². The van der Waals surface area contributed by atoms with Gasteiger partial charge in [-0.25, -0.2) is 9.37 Å². The molecule has 2 aliphatic heterocycles. The lowest BCUT2D eigenvalue weighted by Gasteiger charge is -2.23. The van der Waals surface area contributed by atoms with Gasteiger partial charge in [-0.2, -0.15) is 0 Å². The number of ether oxygens (including phenoxy) is 2. The van der Waals surface area contributed by atoms with Crippen LogP contribution >= 0.6 is 0 Å². The molecule has 9 heteroatoms. The van der Waals surface area contributed by atoms with Crippen molar-refractivity contribution in [3.63, 3.8) is 0 Å². The number of nitrogens with one attached hydrogen (secondary N) is 1. The number of amides is 2. The fourth-order valence-electron chi connectivity index (χ4n) is 4.20. The lowest BCUT2D eigenvalue weighted by atomic mass is 10.0. The molecule has 170 valence electrons. The van der Waals surface area contributed by atoms with E-state index in [-0.39, 0.29) is 30.6 Å². The molecule has 0 radical (unpaired) electrons. The second-order valence-electron chi connectivity index (χ2n) is 8.12. The van der Waals surface area contributed by atoms with Crippen molar-refractivity contribution >= 4 is 17.5 Å². The summed E-state index contributed by atoms with van der Waals surface area (Å²) in [5, 5.41) is 3.01. The van der Waals surface area contributed by atoms with E-state index in [2.05, 4.69) is 10.3 Å². The van der Waals surface area contributed by atoms with Crippen molar-refractivity contribution < 1.29 is 23.5 Å². The highest BCUT2D eigenvalue weighted by Crippen LogP contribution is 2.36. The van der Waals surface area contributed by atoms with Gasteiger partial charge in [0.15, 0.2) is 11.5 Å². The van der Waals surface area contributed by atoms with E-state index < -0.39 is 12.0 Å². The number of carbonyl (C=O) groups is 2. The predicted octanol–water partition coefficient (Wildman–Crippen LogP) is 2.59. The van der Waals surface area contributed by atoms with Gasteiger partial charge in [0.1, 0.15) is 30.9 Å². The number of anilines is 1.